The number of carbonyl (C=O) groups is 1. The lowest BCUT2D eigenvalue weighted by molar-refractivity contribution is -0.129. The second-order valence-electron chi connectivity index (χ2n) is 6.22. The van der Waals surface area contributed by atoms with Crippen LogP contribution in [0.2, 0.25) is 5.02 Å². The second-order valence-corrected chi connectivity index (χ2v) is 8.88. The van der Waals surface area contributed by atoms with Crippen molar-refractivity contribution in [2.75, 3.05) is 20.2 Å². The van der Waals surface area contributed by atoms with Gasteiger partial charge in [0.25, 0.3) is 5.56 Å². The number of thioether (sulfide) groups is 1. The molecule has 0 saturated heterocycles. The van der Waals surface area contributed by atoms with Crippen LogP contribution in [0, 0.1) is 0 Å². The lowest BCUT2D eigenvalue weighted by atomic mass is 10.3. The monoisotopic (exact) mass is 437 g/mol. The number of halogens is 1. The summed E-state index contributed by atoms with van der Waals surface area (Å²) in [6, 6.07) is 8.90. The fraction of sp³-hybridized carbons (Fsp3) is 0.316. The van der Waals surface area contributed by atoms with Crippen molar-refractivity contribution in [1.29, 1.82) is 0 Å². The summed E-state index contributed by atoms with van der Waals surface area (Å²) in [5, 5.41) is 2.64. The summed E-state index contributed by atoms with van der Waals surface area (Å²) in [6.07, 6.45) is 0. The quantitative estimate of drug-likeness (QED) is 0.417. The van der Waals surface area contributed by atoms with Gasteiger partial charge in [-0.25, -0.2) is 4.98 Å². The Balaban J connectivity index is 1.58. The standard InChI is InChI=1S/C19H20ClN3O3S2/c1-12(28-19-21-15-8-11-27-16(15)18(25)23(19)3)17(24)22(2)9-10-26-14-6-4-13(20)5-7-14/h4-8,11-12H,9-10H2,1-3H3. The van der Waals surface area contributed by atoms with Crippen LogP contribution in [0.25, 0.3) is 10.2 Å². The Hall–Kier alpha value is -2.03. The van der Waals surface area contributed by atoms with Crippen molar-refractivity contribution in [3.05, 3.63) is 51.1 Å². The van der Waals surface area contributed by atoms with Crippen LogP contribution in [0.3, 0.4) is 0 Å². The first-order valence-electron chi connectivity index (χ1n) is 8.61. The molecule has 0 bridgehead atoms. The molecule has 0 spiro atoms. The number of aromatic nitrogens is 2. The van der Waals surface area contributed by atoms with Gasteiger partial charge in [0.15, 0.2) is 5.16 Å². The zero-order valence-corrected chi connectivity index (χ0v) is 18.1. The van der Waals surface area contributed by atoms with Crippen molar-refractivity contribution in [2.24, 2.45) is 7.05 Å². The molecule has 2 aromatic heterocycles. The van der Waals surface area contributed by atoms with Gasteiger partial charge >= 0.3 is 0 Å². The van der Waals surface area contributed by atoms with Gasteiger partial charge < -0.3 is 9.64 Å². The van der Waals surface area contributed by atoms with Crippen LogP contribution in [0.15, 0.2) is 45.7 Å². The Kier molecular flexibility index (Phi) is 6.64. The van der Waals surface area contributed by atoms with Crippen LogP contribution in [0.5, 0.6) is 5.75 Å². The van der Waals surface area contributed by atoms with Crippen molar-refractivity contribution in [2.45, 2.75) is 17.3 Å². The predicted octanol–water partition coefficient (Wildman–Crippen LogP) is 3.67. The number of benzene rings is 1. The fourth-order valence-electron chi connectivity index (χ4n) is 2.53. The van der Waals surface area contributed by atoms with E-state index in [9.17, 15) is 9.59 Å². The maximum Gasteiger partial charge on any atom is 0.271 e. The van der Waals surface area contributed by atoms with Gasteiger partial charge in [0.2, 0.25) is 5.91 Å². The smallest absolute Gasteiger partial charge is 0.271 e. The first-order valence-corrected chi connectivity index (χ1v) is 10.7. The number of amides is 1. The van der Waals surface area contributed by atoms with Gasteiger partial charge in [-0.3, -0.25) is 14.2 Å². The van der Waals surface area contributed by atoms with Crippen LogP contribution >= 0.6 is 34.7 Å². The van der Waals surface area contributed by atoms with E-state index in [0.29, 0.717) is 39.3 Å². The lowest BCUT2D eigenvalue weighted by Crippen LogP contribution is -2.36. The average Bonchev–Trinajstić information content (AvgIpc) is 3.15. The zero-order valence-electron chi connectivity index (χ0n) is 15.7. The zero-order chi connectivity index (χ0) is 20.3. The van der Waals surface area contributed by atoms with Gasteiger partial charge in [0.05, 0.1) is 17.3 Å². The maximum atomic E-state index is 12.7. The van der Waals surface area contributed by atoms with E-state index in [4.69, 9.17) is 16.3 Å². The number of rotatable bonds is 7. The number of hydrogen-bond donors (Lipinski definition) is 0. The van der Waals surface area contributed by atoms with E-state index in [1.165, 1.54) is 27.7 Å². The van der Waals surface area contributed by atoms with Gasteiger partial charge in [-0.15, -0.1) is 11.3 Å². The Labute approximate surface area is 176 Å². The third kappa shape index (κ3) is 4.68. The van der Waals surface area contributed by atoms with E-state index in [1.807, 2.05) is 18.4 Å². The highest BCUT2D eigenvalue weighted by Crippen LogP contribution is 2.24. The molecule has 1 aromatic carbocycles. The van der Waals surface area contributed by atoms with Crippen molar-refractivity contribution >= 4 is 50.8 Å². The largest absolute Gasteiger partial charge is 0.492 e. The summed E-state index contributed by atoms with van der Waals surface area (Å²) in [6.45, 7) is 2.63. The molecular formula is C19H20ClN3O3S2. The molecule has 0 aliphatic heterocycles. The second kappa shape index (κ2) is 8.98. The highest BCUT2D eigenvalue weighted by atomic mass is 35.5. The van der Waals surface area contributed by atoms with Crippen molar-refractivity contribution in [1.82, 2.24) is 14.5 Å². The minimum absolute atomic E-state index is 0.0515. The maximum absolute atomic E-state index is 12.7. The molecule has 0 radical (unpaired) electrons. The van der Waals surface area contributed by atoms with E-state index in [1.54, 1.807) is 43.3 Å². The highest BCUT2D eigenvalue weighted by Gasteiger charge is 2.21. The van der Waals surface area contributed by atoms with Crippen molar-refractivity contribution in [3.8, 4) is 5.75 Å². The number of nitrogens with zero attached hydrogens (tertiary/aromatic N) is 3. The number of likely N-dealkylation sites (N-methyl/N-ethyl adjacent to an activating group) is 1. The molecule has 6 nitrogen and oxygen atoms in total. The van der Waals surface area contributed by atoms with Gasteiger partial charge in [0, 0.05) is 19.1 Å². The highest BCUT2D eigenvalue weighted by molar-refractivity contribution is 8.00. The number of fused-ring (bicyclic) bond motifs is 1. The first-order chi connectivity index (χ1) is 13.4. The van der Waals surface area contributed by atoms with E-state index < -0.39 is 0 Å². The normalized spacial score (nSPS) is 12.1. The Morgan fingerprint density at radius 3 is 2.79 bits per heavy atom. The van der Waals surface area contributed by atoms with Crippen LogP contribution in [-0.2, 0) is 11.8 Å². The summed E-state index contributed by atoms with van der Waals surface area (Å²) >= 11 is 8.50. The first kappa shape index (κ1) is 20.7. The molecule has 0 aliphatic rings. The predicted molar refractivity (Wildman–Crippen MR) is 115 cm³/mol. The molecule has 0 fully saturated rings. The molecule has 3 rings (SSSR count). The molecule has 1 amide bonds. The topological polar surface area (TPSA) is 64.4 Å². The third-order valence-corrected chi connectivity index (χ3v) is 6.44. The Bertz CT molecular complexity index is 1030. The van der Waals surface area contributed by atoms with Gasteiger partial charge in [-0.1, -0.05) is 23.4 Å². The van der Waals surface area contributed by atoms with Gasteiger partial charge in [-0.05, 0) is 42.6 Å². The van der Waals surface area contributed by atoms with Crippen LogP contribution in [0.1, 0.15) is 6.92 Å². The summed E-state index contributed by atoms with van der Waals surface area (Å²) in [5.74, 6) is 0.653. The Morgan fingerprint density at radius 2 is 2.07 bits per heavy atom. The molecule has 1 unspecified atom stereocenters. The van der Waals surface area contributed by atoms with E-state index in [-0.39, 0.29) is 16.7 Å². The summed E-state index contributed by atoms with van der Waals surface area (Å²) in [5.41, 5.74) is 0.576. The van der Waals surface area contributed by atoms with Crippen LogP contribution < -0.4 is 10.3 Å². The summed E-state index contributed by atoms with van der Waals surface area (Å²) < 4.78 is 7.76. The summed E-state index contributed by atoms with van der Waals surface area (Å²) in [7, 11) is 3.41. The van der Waals surface area contributed by atoms with Gasteiger partial charge in [-0.2, -0.15) is 0 Å². The molecule has 3 aromatic rings. The number of thiophene rings is 1. The summed E-state index contributed by atoms with van der Waals surface area (Å²) in [4.78, 5) is 31.2. The molecule has 1 atom stereocenters. The van der Waals surface area contributed by atoms with E-state index in [0.717, 1.165) is 0 Å². The minimum Gasteiger partial charge on any atom is -0.492 e. The van der Waals surface area contributed by atoms with Crippen LogP contribution in [0.4, 0.5) is 0 Å². The minimum atomic E-state index is -0.380. The lowest BCUT2D eigenvalue weighted by Gasteiger charge is -2.21. The molecule has 148 valence electrons. The molecule has 28 heavy (non-hydrogen) atoms. The van der Waals surface area contributed by atoms with E-state index in [2.05, 4.69) is 4.98 Å². The molecule has 9 heteroatoms. The average molecular weight is 438 g/mol. The van der Waals surface area contributed by atoms with E-state index >= 15 is 0 Å². The van der Waals surface area contributed by atoms with Gasteiger partial charge in [0.1, 0.15) is 17.1 Å². The fourth-order valence-corrected chi connectivity index (χ4v) is 4.45. The number of hydrogen-bond acceptors (Lipinski definition) is 6. The van der Waals surface area contributed by atoms with Crippen molar-refractivity contribution in [3.63, 3.8) is 0 Å². The molecule has 0 saturated carbocycles. The third-order valence-electron chi connectivity index (χ3n) is 4.16. The molecule has 0 aliphatic carbocycles. The molecule has 0 N–H and O–H groups in total. The Morgan fingerprint density at radius 1 is 1.36 bits per heavy atom. The molecule has 2 heterocycles. The SMILES string of the molecule is CC(Sc1nc2ccsc2c(=O)n1C)C(=O)N(C)CCOc1ccc(Cl)cc1. The van der Waals surface area contributed by atoms with Crippen LogP contribution in [-0.4, -0.2) is 45.8 Å². The number of carbonyl (C=O) groups excluding carboxylic acids is 1. The molecular weight excluding hydrogens is 418 g/mol. The number of ether oxygens (including phenoxy) is 1. The van der Waals surface area contributed by atoms with Crippen molar-refractivity contribution < 1.29 is 9.53 Å².